The first-order valence-electron chi connectivity index (χ1n) is 6.27. The van der Waals surface area contributed by atoms with Crippen LogP contribution >= 0.6 is 0 Å². The molecule has 1 aromatic rings. The summed E-state index contributed by atoms with van der Waals surface area (Å²) in [5, 5.41) is 0. The molecule has 1 unspecified atom stereocenters. The summed E-state index contributed by atoms with van der Waals surface area (Å²) < 4.78 is 6.80. The number of nitrogen functional groups attached to an aromatic ring is 1. The molecule has 0 saturated heterocycles. The first kappa shape index (κ1) is 14.7. The molecule has 1 heterocycles. The standard InChI is InChI=1S/C13H23N3O2/c1-4-15(11(2)10-18-3)7-8-16-9-12(14)5-6-13(16)17/h5-6,9,11H,4,7-8,10,14H2,1-3H3. The summed E-state index contributed by atoms with van der Waals surface area (Å²) in [6.45, 7) is 7.31. The second kappa shape index (κ2) is 7.18. The quantitative estimate of drug-likeness (QED) is 0.780. The highest BCUT2D eigenvalue weighted by Crippen LogP contribution is 2.01. The third kappa shape index (κ3) is 4.16. The van der Waals surface area contributed by atoms with Crippen LogP contribution in [0.5, 0.6) is 0 Å². The number of methoxy groups -OCH3 is 1. The van der Waals surface area contributed by atoms with Gasteiger partial charge in [-0.2, -0.15) is 0 Å². The van der Waals surface area contributed by atoms with Crippen molar-refractivity contribution in [3.05, 3.63) is 28.7 Å². The number of hydrogen-bond donors (Lipinski definition) is 1. The Morgan fingerprint density at radius 2 is 2.22 bits per heavy atom. The van der Waals surface area contributed by atoms with E-state index in [1.54, 1.807) is 23.9 Å². The van der Waals surface area contributed by atoms with Crippen LogP contribution in [-0.2, 0) is 11.3 Å². The zero-order valence-corrected chi connectivity index (χ0v) is 11.4. The third-order valence-corrected chi connectivity index (χ3v) is 3.07. The number of ether oxygens (including phenoxy) is 1. The topological polar surface area (TPSA) is 60.5 Å². The number of pyridine rings is 1. The molecule has 1 rings (SSSR count). The summed E-state index contributed by atoms with van der Waals surface area (Å²) in [4.78, 5) is 13.9. The summed E-state index contributed by atoms with van der Waals surface area (Å²) >= 11 is 0. The molecule has 0 bridgehead atoms. The lowest BCUT2D eigenvalue weighted by atomic mass is 10.3. The molecular formula is C13H23N3O2. The first-order chi connectivity index (χ1) is 8.58. The van der Waals surface area contributed by atoms with Gasteiger partial charge in [0, 0.05) is 44.2 Å². The van der Waals surface area contributed by atoms with Crippen molar-refractivity contribution in [2.45, 2.75) is 26.4 Å². The minimum atomic E-state index is -0.0142. The molecule has 0 aliphatic heterocycles. The number of rotatable bonds is 7. The van der Waals surface area contributed by atoms with Gasteiger partial charge in [0.1, 0.15) is 0 Å². The molecule has 0 aromatic carbocycles. The van der Waals surface area contributed by atoms with Gasteiger partial charge in [0.15, 0.2) is 0 Å². The Hall–Kier alpha value is -1.33. The second-order valence-corrected chi connectivity index (χ2v) is 4.43. The lowest BCUT2D eigenvalue weighted by Gasteiger charge is -2.27. The van der Waals surface area contributed by atoms with E-state index in [9.17, 15) is 4.79 Å². The molecule has 1 aromatic heterocycles. The minimum Gasteiger partial charge on any atom is -0.398 e. The fraction of sp³-hybridized carbons (Fsp3) is 0.615. The largest absolute Gasteiger partial charge is 0.398 e. The fourth-order valence-electron chi connectivity index (χ4n) is 2.00. The Labute approximate surface area is 108 Å². The summed E-state index contributed by atoms with van der Waals surface area (Å²) in [6, 6.07) is 3.48. The summed E-state index contributed by atoms with van der Waals surface area (Å²) in [6.07, 6.45) is 1.69. The number of nitrogens with two attached hydrogens (primary N) is 1. The first-order valence-corrected chi connectivity index (χ1v) is 6.27. The maximum absolute atomic E-state index is 11.6. The normalized spacial score (nSPS) is 12.9. The van der Waals surface area contributed by atoms with Crippen molar-refractivity contribution in [2.75, 3.05) is 32.5 Å². The van der Waals surface area contributed by atoms with Crippen LogP contribution in [0.2, 0.25) is 0 Å². The van der Waals surface area contributed by atoms with Gasteiger partial charge in [-0.3, -0.25) is 9.69 Å². The van der Waals surface area contributed by atoms with Crippen LogP contribution in [0.3, 0.4) is 0 Å². The smallest absolute Gasteiger partial charge is 0.250 e. The Morgan fingerprint density at radius 1 is 1.50 bits per heavy atom. The van der Waals surface area contributed by atoms with E-state index >= 15 is 0 Å². The van der Waals surface area contributed by atoms with Gasteiger partial charge in [0.25, 0.3) is 5.56 Å². The van der Waals surface area contributed by atoms with Gasteiger partial charge in [0.05, 0.1) is 6.61 Å². The fourth-order valence-corrected chi connectivity index (χ4v) is 2.00. The molecule has 0 fully saturated rings. The molecule has 102 valence electrons. The molecule has 0 radical (unpaired) electrons. The Balaban J connectivity index is 2.62. The lowest BCUT2D eigenvalue weighted by Crippen LogP contribution is -2.39. The van der Waals surface area contributed by atoms with Crippen LogP contribution in [-0.4, -0.2) is 42.3 Å². The molecule has 18 heavy (non-hydrogen) atoms. The Bertz CT molecular complexity index is 417. The summed E-state index contributed by atoms with van der Waals surface area (Å²) in [5.41, 5.74) is 6.28. The highest BCUT2D eigenvalue weighted by atomic mass is 16.5. The van der Waals surface area contributed by atoms with E-state index in [1.165, 1.54) is 6.07 Å². The van der Waals surface area contributed by atoms with Crippen LogP contribution in [0.25, 0.3) is 0 Å². The third-order valence-electron chi connectivity index (χ3n) is 3.07. The van der Waals surface area contributed by atoms with Crippen LogP contribution in [0.1, 0.15) is 13.8 Å². The number of likely N-dealkylation sites (N-methyl/N-ethyl adjacent to an activating group) is 1. The molecule has 0 aliphatic carbocycles. The van der Waals surface area contributed by atoms with E-state index in [1.807, 2.05) is 0 Å². The minimum absolute atomic E-state index is 0.0142. The molecule has 0 saturated carbocycles. The van der Waals surface area contributed by atoms with Crippen LogP contribution < -0.4 is 11.3 Å². The van der Waals surface area contributed by atoms with E-state index in [4.69, 9.17) is 10.5 Å². The van der Waals surface area contributed by atoms with E-state index in [0.29, 0.717) is 24.9 Å². The number of aromatic nitrogens is 1. The number of anilines is 1. The average molecular weight is 253 g/mol. The van der Waals surface area contributed by atoms with Crippen molar-refractivity contribution in [1.29, 1.82) is 0 Å². The average Bonchev–Trinajstić information content (AvgIpc) is 2.34. The van der Waals surface area contributed by atoms with E-state index in [-0.39, 0.29) is 5.56 Å². The lowest BCUT2D eigenvalue weighted by molar-refractivity contribution is 0.100. The predicted octanol–water partition coefficient (Wildman–Crippen LogP) is 0.787. The number of hydrogen-bond acceptors (Lipinski definition) is 4. The van der Waals surface area contributed by atoms with Crippen molar-refractivity contribution in [3.63, 3.8) is 0 Å². The summed E-state index contributed by atoms with van der Waals surface area (Å²) in [5.74, 6) is 0. The highest BCUT2D eigenvalue weighted by Gasteiger charge is 2.11. The monoisotopic (exact) mass is 253 g/mol. The molecule has 1 atom stereocenters. The molecule has 2 N–H and O–H groups in total. The van der Waals surface area contributed by atoms with Crippen molar-refractivity contribution in [1.82, 2.24) is 9.47 Å². The predicted molar refractivity (Wildman–Crippen MR) is 73.7 cm³/mol. The van der Waals surface area contributed by atoms with Crippen molar-refractivity contribution >= 4 is 5.69 Å². The number of nitrogens with zero attached hydrogens (tertiary/aromatic N) is 2. The van der Waals surface area contributed by atoms with Crippen LogP contribution in [0.15, 0.2) is 23.1 Å². The zero-order chi connectivity index (χ0) is 13.5. The van der Waals surface area contributed by atoms with E-state index in [2.05, 4.69) is 18.7 Å². The molecule has 0 spiro atoms. The second-order valence-electron chi connectivity index (χ2n) is 4.43. The van der Waals surface area contributed by atoms with E-state index in [0.717, 1.165) is 13.1 Å². The molecule has 0 amide bonds. The van der Waals surface area contributed by atoms with Gasteiger partial charge in [-0.1, -0.05) is 6.92 Å². The van der Waals surface area contributed by atoms with Gasteiger partial charge in [-0.15, -0.1) is 0 Å². The van der Waals surface area contributed by atoms with Gasteiger partial charge in [-0.25, -0.2) is 0 Å². The van der Waals surface area contributed by atoms with Crippen molar-refractivity contribution < 1.29 is 4.74 Å². The Morgan fingerprint density at radius 3 is 2.83 bits per heavy atom. The molecular weight excluding hydrogens is 230 g/mol. The van der Waals surface area contributed by atoms with Gasteiger partial charge in [0.2, 0.25) is 0 Å². The van der Waals surface area contributed by atoms with Crippen molar-refractivity contribution in [2.24, 2.45) is 0 Å². The molecule has 0 aliphatic rings. The Kier molecular flexibility index (Phi) is 5.88. The van der Waals surface area contributed by atoms with E-state index < -0.39 is 0 Å². The SMILES string of the molecule is CCN(CCn1cc(N)ccc1=O)C(C)COC. The highest BCUT2D eigenvalue weighted by molar-refractivity contribution is 5.33. The van der Waals surface area contributed by atoms with Gasteiger partial charge < -0.3 is 15.0 Å². The maximum atomic E-state index is 11.6. The molecule has 5 nitrogen and oxygen atoms in total. The van der Waals surface area contributed by atoms with Gasteiger partial charge in [-0.05, 0) is 19.5 Å². The maximum Gasteiger partial charge on any atom is 0.250 e. The van der Waals surface area contributed by atoms with Crippen LogP contribution in [0.4, 0.5) is 5.69 Å². The van der Waals surface area contributed by atoms with Crippen molar-refractivity contribution in [3.8, 4) is 0 Å². The summed E-state index contributed by atoms with van der Waals surface area (Å²) in [7, 11) is 1.70. The molecule has 5 heteroatoms. The van der Waals surface area contributed by atoms with Crippen LogP contribution in [0, 0.1) is 0 Å². The van der Waals surface area contributed by atoms with Gasteiger partial charge >= 0.3 is 0 Å². The zero-order valence-electron chi connectivity index (χ0n) is 11.4.